The topological polar surface area (TPSA) is 120 Å². The summed E-state index contributed by atoms with van der Waals surface area (Å²) in [6.07, 6.45) is -1.06. The van der Waals surface area contributed by atoms with Crippen molar-refractivity contribution in [2.75, 3.05) is 7.11 Å². The van der Waals surface area contributed by atoms with E-state index in [2.05, 4.69) is 10.9 Å². The van der Waals surface area contributed by atoms with Gasteiger partial charge in [-0.25, -0.2) is 0 Å². The Kier molecular flexibility index (Phi) is 6.10. The molecule has 2 aromatic carbocycles. The van der Waals surface area contributed by atoms with E-state index in [0.29, 0.717) is 11.3 Å². The average molecular weight is 359 g/mol. The Morgan fingerprint density at radius 2 is 1.73 bits per heavy atom. The van der Waals surface area contributed by atoms with E-state index in [4.69, 9.17) is 9.47 Å². The van der Waals surface area contributed by atoms with Crippen molar-refractivity contribution in [1.29, 1.82) is 0 Å². The minimum absolute atomic E-state index is 0.0402. The highest BCUT2D eigenvalue weighted by Gasteiger charge is 2.21. The number of carbonyl (C=O) groups excluding carboxylic acids is 2. The number of methoxy groups -OCH3 is 1. The molecule has 2 amide bonds. The van der Waals surface area contributed by atoms with E-state index in [1.165, 1.54) is 44.4 Å². The molecule has 0 spiro atoms. The number of hydrogen-bond donors (Lipinski definition) is 2. The molecule has 0 aliphatic rings. The number of amides is 2. The molecule has 0 radical (unpaired) electrons. The van der Waals surface area contributed by atoms with E-state index in [1.54, 1.807) is 18.2 Å². The molecule has 0 saturated heterocycles. The summed E-state index contributed by atoms with van der Waals surface area (Å²) in [6.45, 7) is 1.41. The predicted molar refractivity (Wildman–Crippen MR) is 91.8 cm³/mol. The molecule has 0 aliphatic carbocycles. The molecule has 1 unspecified atom stereocenters. The quantitative estimate of drug-likeness (QED) is 0.600. The number of nitro benzene ring substituents is 1. The minimum atomic E-state index is -1.06. The lowest BCUT2D eigenvalue weighted by molar-refractivity contribution is -0.386. The zero-order valence-electron chi connectivity index (χ0n) is 14.1. The molecule has 0 aromatic heterocycles. The molecule has 9 heteroatoms. The van der Waals surface area contributed by atoms with Crippen LogP contribution < -0.4 is 20.3 Å². The Labute approximate surface area is 149 Å². The van der Waals surface area contributed by atoms with Crippen molar-refractivity contribution in [2.24, 2.45) is 0 Å². The van der Waals surface area contributed by atoms with Crippen molar-refractivity contribution in [2.45, 2.75) is 13.0 Å². The monoisotopic (exact) mass is 359 g/mol. The van der Waals surface area contributed by atoms with Crippen molar-refractivity contribution in [1.82, 2.24) is 10.9 Å². The van der Waals surface area contributed by atoms with Gasteiger partial charge in [0.1, 0.15) is 5.75 Å². The Balaban J connectivity index is 1.92. The van der Waals surface area contributed by atoms with Gasteiger partial charge in [-0.1, -0.05) is 12.1 Å². The van der Waals surface area contributed by atoms with Gasteiger partial charge in [0.2, 0.25) is 0 Å². The molecule has 9 nitrogen and oxygen atoms in total. The van der Waals surface area contributed by atoms with Crippen LogP contribution in [0.3, 0.4) is 0 Å². The minimum Gasteiger partial charge on any atom is -0.497 e. The van der Waals surface area contributed by atoms with E-state index in [-0.39, 0.29) is 11.4 Å². The number of hydrazine groups is 1. The fourth-order valence-electron chi connectivity index (χ4n) is 1.99. The maximum absolute atomic E-state index is 12.0. The maximum atomic E-state index is 12.0. The standard InChI is InChI=1S/C17H17N3O6/c1-11(26-15-6-4-3-5-14(15)20(23)24)16(21)18-19-17(22)12-7-9-13(25-2)10-8-12/h3-11H,1-2H3,(H,18,21)(H,19,22). The van der Waals surface area contributed by atoms with Gasteiger partial charge in [-0.3, -0.25) is 30.6 Å². The molecule has 26 heavy (non-hydrogen) atoms. The molecule has 0 bridgehead atoms. The zero-order chi connectivity index (χ0) is 19.1. The van der Waals surface area contributed by atoms with Gasteiger partial charge in [-0.15, -0.1) is 0 Å². The van der Waals surface area contributed by atoms with Crippen LogP contribution in [0.5, 0.6) is 11.5 Å². The second-order valence-corrected chi connectivity index (χ2v) is 5.16. The number of carbonyl (C=O) groups is 2. The van der Waals surface area contributed by atoms with E-state index in [9.17, 15) is 19.7 Å². The summed E-state index contributed by atoms with van der Waals surface area (Å²) in [5.41, 5.74) is 4.52. The molecule has 0 saturated carbocycles. The van der Waals surface area contributed by atoms with Crippen LogP contribution in [0.25, 0.3) is 0 Å². The van der Waals surface area contributed by atoms with Gasteiger partial charge in [0.25, 0.3) is 11.8 Å². The molecule has 2 N–H and O–H groups in total. The molecule has 136 valence electrons. The van der Waals surface area contributed by atoms with E-state index < -0.39 is 22.8 Å². The summed E-state index contributed by atoms with van der Waals surface area (Å²) < 4.78 is 10.3. The highest BCUT2D eigenvalue weighted by molar-refractivity contribution is 5.95. The van der Waals surface area contributed by atoms with Gasteiger partial charge in [-0.05, 0) is 37.3 Å². The maximum Gasteiger partial charge on any atom is 0.310 e. The van der Waals surface area contributed by atoms with Gasteiger partial charge >= 0.3 is 5.69 Å². The third-order valence-corrected chi connectivity index (χ3v) is 3.39. The summed E-state index contributed by atoms with van der Waals surface area (Å²) in [4.78, 5) is 34.3. The Morgan fingerprint density at radius 1 is 1.08 bits per heavy atom. The molecular weight excluding hydrogens is 342 g/mol. The van der Waals surface area contributed by atoms with Crippen LogP contribution in [-0.4, -0.2) is 30.0 Å². The van der Waals surface area contributed by atoms with E-state index in [1.807, 2.05) is 0 Å². The van der Waals surface area contributed by atoms with Crippen molar-refractivity contribution in [3.8, 4) is 11.5 Å². The Bertz CT molecular complexity index is 806. The fraction of sp³-hybridized carbons (Fsp3) is 0.176. The molecule has 2 rings (SSSR count). The number of para-hydroxylation sites is 2. The third kappa shape index (κ3) is 4.69. The largest absolute Gasteiger partial charge is 0.497 e. The summed E-state index contributed by atoms with van der Waals surface area (Å²) in [7, 11) is 1.51. The van der Waals surface area contributed by atoms with Crippen LogP contribution in [0.4, 0.5) is 5.69 Å². The first-order chi connectivity index (χ1) is 12.4. The highest BCUT2D eigenvalue weighted by atomic mass is 16.6. The third-order valence-electron chi connectivity index (χ3n) is 3.39. The predicted octanol–water partition coefficient (Wildman–Crippen LogP) is 1.83. The van der Waals surface area contributed by atoms with Gasteiger partial charge in [0.15, 0.2) is 11.9 Å². The number of nitrogens with one attached hydrogen (secondary N) is 2. The number of hydrogen-bond acceptors (Lipinski definition) is 6. The first-order valence-corrected chi connectivity index (χ1v) is 7.56. The first-order valence-electron chi connectivity index (χ1n) is 7.56. The number of ether oxygens (including phenoxy) is 2. The fourth-order valence-corrected chi connectivity index (χ4v) is 1.99. The Hall–Kier alpha value is -3.62. The number of nitrogens with zero attached hydrogens (tertiary/aromatic N) is 1. The average Bonchev–Trinajstić information content (AvgIpc) is 2.66. The van der Waals surface area contributed by atoms with Crippen LogP contribution >= 0.6 is 0 Å². The lowest BCUT2D eigenvalue weighted by Crippen LogP contribution is -2.47. The lowest BCUT2D eigenvalue weighted by Gasteiger charge is -2.15. The van der Waals surface area contributed by atoms with Crippen molar-refractivity contribution < 1.29 is 24.0 Å². The molecule has 2 aromatic rings. The first kappa shape index (κ1) is 18.7. The molecule has 1 atom stereocenters. The molecular formula is C17H17N3O6. The second-order valence-electron chi connectivity index (χ2n) is 5.16. The van der Waals surface area contributed by atoms with Crippen LogP contribution in [0, 0.1) is 10.1 Å². The Morgan fingerprint density at radius 3 is 2.35 bits per heavy atom. The molecule has 0 heterocycles. The van der Waals surface area contributed by atoms with Gasteiger partial charge in [0, 0.05) is 11.6 Å². The van der Waals surface area contributed by atoms with Crippen LogP contribution in [0.15, 0.2) is 48.5 Å². The summed E-state index contributed by atoms with van der Waals surface area (Å²) in [6, 6.07) is 12.0. The smallest absolute Gasteiger partial charge is 0.310 e. The number of rotatable bonds is 6. The highest BCUT2D eigenvalue weighted by Crippen LogP contribution is 2.26. The summed E-state index contributed by atoms with van der Waals surface area (Å²) >= 11 is 0. The lowest BCUT2D eigenvalue weighted by atomic mass is 10.2. The van der Waals surface area contributed by atoms with Crippen LogP contribution in [-0.2, 0) is 4.79 Å². The normalized spacial score (nSPS) is 11.2. The van der Waals surface area contributed by atoms with Gasteiger partial charge < -0.3 is 9.47 Å². The van der Waals surface area contributed by atoms with Crippen molar-refractivity contribution in [3.63, 3.8) is 0 Å². The van der Waals surface area contributed by atoms with Crippen LogP contribution in [0.2, 0.25) is 0 Å². The molecule has 0 fully saturated rings. The molecule has 0 aliphatic heterocycles. The van der Waals surface area contributed by atoms with E-state index in [0.717, 1.165) is 0 Å². The summed E-state index contributed by atoms with van der Waals surface area (Å²) in [5.74, 6) is -0.636. The van der Waals surface area contributed by atoms with E-state index >= 15 is 0 Å². The zero-order valence-corrected chi connectivity index (χ0v) is 14.1. The number of nitro groups is 1. The van der Waals surface area contributed by atoms with Gasteiger partial charge in [0.05, 0.1) is 12.0 Å². The van der Waals surface area contributed by atoms with Gasteiger partial charge in [-0.2, -0.15) is 0 Å². The SMILES string of the molecule is COc1ccc(C(=O)NNC(=O)C(C)Oc2ccccc2[N+](=O)[O-])cc1. The van der Waals surface area contributed by atoms with Crippen molar-refractivity contribution >= 4 is 17.5 Å². The van der Waals surface area contributed by atoms with Crippen molar-refractivity contribution in [3.05, 3.63) is 64.2 Å². The van der Waals surface area contributed by atoms with Crippen LogP contribution in [0.1, 0.15) is 17.3 Å². The second kappa shape index (κ2) is 8.47. The summed E-state index contributed by atoms with van der Waals surface area (Å²) in [5, 5.41) is 10.9. The number of benzene rings is 2.